The first-order valence-electron chi connectivity index (χ1n) is 6.37. The van der Waals surface area contributed by atoms with Crippen LogP contribution in [0.4, 0.5) is 13.2 Å². The summed E-state index contributed by atoms with van der Waals surface area (Å²) in [4.78, 5) is 1.95. The van der Waals surface area contributed by atoms with Gasteiger partial charge in [-0.25, -0.2) is 13.2 Å². The molecule has 0 aromatic heterocycles. The predicted molar refractivity (Wildman–Crippen MR) is 72.6 cm³/mol. The molecule has 0 saturated carbocycles. The van der Waals surface area contributed by atoms with Gasteiger partial charge < -0.3 is 0 Å². The summed E-state index contributed by atoms with van der Waals surface area (Å²) in [6.07, 6.45) is 0. The van der Waals surface area contributed by atoms with Crippen molar-refractivity contribution in [1.29, 1.82) is 0 Å². The Bertz CT molecular complexity index is 598. The topological polar surface area (TPSA) is 3.24 Å². The summed E-state index contributed by atoms with van der Waals surface area (Å²) < 4.78 is 39.3. The van der Waals surface area contributed by atoms with E-state index in [0.717, 1.165) is 11.6 Å². The highest BCUT2D eigenvalue weighted by Crippen LogP contribution is 2.22. The monoisotopic (exact) mass is 279 g/mol. The first-order valence-corrected chi connectivity index (χ1v) is 6.37. The van der Waals surface area contributed by atoms with E-state index < -0.39 is 11.6 Å². The molecule has 4 heteroatoms. The molecule has 2 rings (SSSR count). The molecule has 0 spiro atoms. The molecule has 0 saturated heterocycles. The molecule has 0 aliphatic heterocycles. The quantitative estimate of drug-likeness (QED) is 0.806. The third-order valence-corrected chi connectivity index (χ3v) is 3.41. The highest BCUT2D eigenvalue weighted by Gasteiger charge is 2.14. The van der Waals surface area contributed by atoms with Crippen LogP contribution in [0.1, 0.15) is 24.1 Å². The van der Waals surface area contributed by atoms with Crippen LogP contribution in [0.2, 0.25) is 0 Å². The zero-order chi connectivity index (χ0) is 14.7. The normalized spacial score (nSPS) is 12.7. The van der Waals surface area contributed by atoms with Gasteiger partial charge in [-0.2, -0.15) is 0 Å². The van der Waals surface area contributed by atoms with Gasteiger partial charge in [0, 0.05) is 12.6 Å². The number of halogens is 3. The molecule has 0 fully saturated rings. The van der Waals surface area contributed by atoms with Crippen LogP contribution in [-0.2, 0) is 6.54 Å². The molecule has 1 atom stereocenters. The summed E-state index contributed by atoms with van der Waals surface area (Å²) >= 11 is 0. The van der Waals surface area contributed by atoms with Crippen LogP contribution < -0.4 is 0 Å². The van der Waals surface area contributed by atoms with Gasteiger partial charge >= 0.3 is 0 Å². The van der Waals surface area contributed by atoms with Crippen LogP contribution in [0.25, 0.3) is 0 Å². The Morgan fingerprint density at radius 1 is 1.00 bits per heavy atom. The molecule has 0 bridgehead atoms. The number of nitrogens with zero attached hydrogens (tertiary/aromatic N) is 1. The Labute approximate surface area is 116 Å². The van der Waals surface area contributed by atoms with Crippen molar-refractivity contribution in [1.82, 2.24) is 4.90 Å². The molecule has 0 aliphatic carbocycles. The van der Waals surface area contributed by atoms with Gasteiger partial charge in [0.05, 0.1) is 0 Å². The maximum absolute atomic E-state index is 13.2. The van der Waals surface area contributed by atoms with E-state index >= 15 is 0 Å². The Balaban J connectivity index is 2.11. The van der Waals surface area contributed by atoms with Crippen LogP contribution in [0.3, 0.4) is 0 Å². The van der Waals surface area contributed by atoms with E-state index in [2.05, 4.69) is 0 Å². The van der Waals surface area contributed by atoms with E-state index in [-0.39, 0.29) is 11.9 Å². The number of benzene rings is 2. The zero-order valence-electron chi connectivity index (χ0n) is 11.4. The fourth-order valence-corrected chi connectivity index (χ4v) is 2.09. The van der Waals surface area contributed by atoms with Crippen LogP contribution in [-0.4, -0.2) is 11.9 Å². The van der Waals surface area contributed by atoms with Crippen molar-refractivity contribution in [3.05, 3.63) is 71.0 Å². The summed E-state index contributed by atoms with van der Waals surface area (Å²) in [5.74, 6) is -1.99. The van der Waals surface area contributed by atoms with Gasteiger partial charge in [-0.1, -0.05) is 18.2 Å². The van der Waals surface area contributed by atoms with Crippen molar-refractivity contribution in [2.45, 2.75) is 19.5 Å². The molecular weight excluding hydrogens is 263 g/mol. The average molecular weight is 279 g/mol. The fourth-order valence-electron chi connectivity index (χ4n) is 2.09. The summed E-state index contributed by atoms with van der Waals surface area (Å²) in [6, 6.07) is 10.1. The van der Waals surface area contributed by atoms with E-state index in [1.807, 2.05) is 24.9 Å². The highest BCUT2D eigenvalue weighted by atomic mass is 19.2. The third-order valence-electron chi connectivity index (χ3n) is 3.41. The lowest BCUT2D eigenvalue weighted by Crippen LogP contribution is -2.22. The number of hydrogen-bond acceptors (Lipinski definition) is 1. The lowest BCUT2D eigenvalue weighted by Gasteiger charge is -2.25. The summed E-state index contributed by atoms with van der Waals surface area (Å²) in [7, 11) is 1.86. The molecule has 0 N–H and O–H groups in total. The minimum Gasteiger partial charge on any atom is -0.295 e. The molecule has 1 unspecified atom stereocenters. The maximum atomic E-state index is 13.2. The molecule has 2 aromatic carbocycles. The minimum absolute atomic E-state index is 0.103. The standard InChI is InChI=1S/C16H16F3N/c1-11(13-6-7-15(18)16(19)9-13)20(2)10-12-4-3-5-14(17)8-12/h3-9,11H,10H2,1-2H3. The molecule has 20 heavy (non-hydrogen) atoms. The van der Waals surface area contributed by atoms with E-state index in [9.17, 15) is 13.2 Å². The molecule has 0 heterocycles. The second-order valence-corrected chi connectivity index (χ2v) is 4.89. The van der Waals surface area contributed by atoms with E-state index in [0.29, 0.717) is 12.1 Å². The van der Waals surface area contributed by atoms with Gasteiger partial charge in [-0.05, 0) is 49.4 Å². The van der Waals surface area contributed by atoms with Crippen molar-refractivity contribution < 1.29 is 13.2 Å². The van der Waals surface area contributed by atoms with Gasteiger partial charge in [0.2, 0.25) is 0 Å². The predicted octanol–water partition coefficient (Wildman–Crippen LogP) is 4.30. The van der Waals surface area contributed by atoms with Crippen LogP contribution in [0.5, 0.6) is 0 Å². The largest absolute Gasteiger partial charge is 0.295 e. The fraction of sp³-hybridized carbons (Fsp3) is 0.250. The van der Waals surface area contributed by atoms with E-state index in [4.69, 9.17) is 0 Å². The smallest absolute Gasteiger partial charge is 0.159 e. The summed E-state index contributed by atoms with van der Waals surface area (Å²) in [5, 5.41) is 0. The lowest BCUT2D eigenvalue weighted by molar-refractivity contribution is 0.252. The van der Waals surface area contributed by atoms with Crippen LogP contribution >= 0.6 is 0 Å². The Kier molecular flexibility index (Phi) is 4.45. The molecule has 2 aromatic rings. The molecule has 106 valence electrons. The Morgan fingerprint density at radius 2 is 1.75 bits per heavy atom. The number of rotatable bonds is 4. The third kappa shape index (κ3) is 3.39. The van der Waals surface area contributed by atoms with Crippen molar-refractivity contribution in [2.75, 3.05) is 7.05 Å². The summed E-state index contributed by atoms with van der Waals surface area (Å²) in [6.45, 7) is 2.42. The molecule has 0 aliphatic rings. The Morgan fingerprint density at radius 3 is 2.40 bits per heavy atom. The van der Waals surface area contributed by atoms with Gasteiger partial charge in [-0.15, -0.1) is 0 Å². The summed E-state index contributed by atoms with van der Waals surface area (Å²) in [5.41, 5.74) is 1.52. The van der Waals surface area contributed by atoms with Crippen molar-refractivity contribution >= 4 is 0 Å². The average Bonchev–Trinajstić information content (AvgIpc) is 2.41. The van der Waals surface area contributed by atoms with E-state index in [1.54, 1.807) is 12.1 Å². The van der Waals surface area contributed by atoms with Gasteiger partial charge in [-0.3, -0.25) is 4.90 Å². The zero-order valence-corrected chi connectivity index (χ0v) is 11.4. The maximum Gasteiger partial charge on any atom is 0.159 e. The van der Waals surface area contributed by atoms with Gasteiger partial charge in [0.25, 0.3) is 0 Å². The minimum atomic E-state index is -0.853. The molecule has 1 nitrogen and oxygen atoms in total. The molecule has 0 amide bonds. The second-order valence-electron chi connectivity index (χ2n) is 4.89. The van der Waals surface area contributed by atoms with Crippen LogP contribution in [0, 0.1) is 17.5 Å². The van der Waals surface area contributed by atoms with Crippen molar-refractivity contribution in [2.24, 2.45) is 0 Å². The van der Waals surface area contributed by atoms with Crippen molar-refractivity contribution in [3.63, 3.8) is 0 Å². The van der Waals surface area contributed by atoms with Crippen LogP contribution in [0.15, 0.2) is 42.5 Å². The first-order chi connectivity index (χ1) is 9.47. The van der Waals surface area contributed by atoms with E-state index in [1.165, 1.54) is 18.2 Å². The molecular formula is C16H16F3N. The molecule has 0 radical (unpaired) electrons. The van der Waals surface area contributed by atoms with Gasteiger partial charge in [0.15, 0.2) is 11.6 Å². The Hall–Kier alpha value is -1.81. The highest BCUT2D eigenvalue weighted by molar-refractivity contribution is 5.22. The second kappa shape index (κ2) is 6.09. The lowest BCUT2D eigenvalue weighted by atomic mass is 10.1. The van der Waals surface area contributed by atoms with Crippen molar-refractivity contribution in [3.8, 4) is 0 Å². The number of hydrogen-bond donors (Lipinski definition) is 0. The first kappa shape index (κ1) is 14.6. The van der Waals surface area contributed by atoms with Gasteiger partial charge in [0.1, 0.15) is 5.82 Å². The SMILES string of the molecule is CC(c1ccc(F)c(F)c1)N(C)Cc1cccc(F)c1.